The largest absolute Gasteiger partial charge is 0.481 e. The number of rotatable bonds is 4. The van der Waals surface area contributed by atoms with Gasteiger partial charge in [-0.1, -0.05) is 32.0 Å². The Hall–Kier alpha value is -1.35. The van der Waals surface area contributed by atoms with Gasteiger partial charge < -0.3 is 10.4 Å². The van der Waals surface area contributed by atoms with Crippen LogP contribution in [-0.2, 0) is 17.6 Å². The summed E-state index contributed by atoms with van der Waals surface area (Å²) < 4.78 is 0. The standard InChI is InChI=1S/C15H21NO2/c1-3-10-5-6-12(7-11(10)4-2)14-8-13(9-16-14)15(17)18/h5-7,13-14,16H,3-4,8-9H2,1-2H3,(H,17,18). The van der Waals surface area contributed by atoms with Gasteiger partial charge in [-0.05, 0) is 36.0 Å². The minimum Gasteiger partial charge on any atom is -0.481 e. The number of aryl methyl sites for hydroxylation is 2. The summed E-state index contributed by atoms with van der Waals surface area (Å²) in [6.07, 6.45) is 2.79. The zero-order chi connectivity index (χ0) is 13.1. The first-order valence-corrected chi connectivity index (χ1v) is 6.73. The van der Waals surface area contributed by atoms with Gasteiger partial charge in [-0.15, -0.1) is 0 Å². The summed E-state index contributed by atoms with van der Waals surface area (Å²) in [6.45, 7) is 4.92. The average molecular weight is 247 g/mol. The summed E-state index contributed by atoms with van der Waals surface area (Å²) in [5.74, 6) is -0.933. The fraction of sp³-hybridized carbons (Fsp3) is 0.533. The van der Waals surface area contributed by atoms with E-state index in [4.69, 9.17) is 5.11 Å². The number of nitrogens with one attached hydrogen (secondary N) is 1. The molecule has 0 spiro atoms. The molecule has 1 aliphatic heterocycles. The molecule has 1 aliphatic rings. The molecule has 1 fully saturated rings. The van der Waals surface area contributed by atoms with Crippen molar-refractivity contribution in [1.29, 1.82) is 0 Å². The van der Waals surface area contributed by atoms with Gasteiger partial charge in [0.2, 0.25) is 0 Å². The van der Waals surface area contributed by atoms with E-state index in [1.54, 1.807) is 0 Å². The van der Waals surface area contributed by atoms with Gasteiger partial charge >= 0.3 is 5.97 Å². The lowest BCUT2D eigenvalue weighted by molar-refractivity contribution is -0.141. The number of carbonyl (C=O) groups is 1. The highest BCUT2D eigenvalue weighted by molar-refractivity contribution is 5.70. The summed E-state index contributed by atoms with van der Waals surface area (Å²) in [5, 5.41) is 12.3. The molecule has 2 rings (SSSR count). The highest BCUT2D eigenvalue weighted by atomic mass is 16.4. The topological polar surface area (TPSA) is 49.3 Å². The highest BCUT2D eigenvalue weighted by Crippen LogP contribution is 2.28. The first-order chi connectivity index (χ1) is 8.65. The molecule has 2 unspecified atom stereocenters. The predicted molar refractivity (Wildman–Crippen MR) is 71.7 cm³/mol. The molecule has 18 heavy (non-hydrogen) atoms. The quantitative estimate of drug-likeness (QED) is 0.859. The van der Waals surface area contributed by atoms with Crippen molar-refractivity contribution in [3.63, 3.8) is 0 Å². The van der Waals surface area contributed by atoms with Gasteiger partial charge in [-0.25, -0.2) is 0 Å². The Morgan fingerprint density at radius 3 is 2.61 bits per heavy atom. The summed E-state index contributed by atoms with van der Waals surface area (Å²) in [5.41, 5.74) is 4.01. The van der Waals surface area contributed by atoms with Gasteiger partial charge in [0.05, 0.1) is 5.92 Å². The number of aliphatic carboxylic acids is 1. The van der Waals surface area contributed by atoms with Gasteiger partial charge in [0.15, 0.2) is 0 Å². The van der Waals surface area contributed by atoms with Crippen LogP contribution in [0.2, 0.25) is 0 Å². The van der Waals surface area contributed by atoms with E-state index in [9.17, 15) is 4.79 Å². The van der Waals surface area contributed by atoms with Crippen LogP contribution in [0.15, 0.2) is 18.2 Å². The molecule has 1 aromatic rings. The number of hydrogen-bond donors (Lipinski definition) is 2. The van der Waals surface area contributed by atoms with Gasteiger partial charge in [-0.2, -0.15) is 0 Å². The molecule has 0 amide bonds. The fourth-order valence-corrected chi connectivity index (χ4v) is 2.71. The molecule has 2 atom stereocenters. The first-order valence-electron chi connectivity index (χ1n) is 6.73. The minimum absolute atomic E-state index is 0.197. The van der Waals surface area contributed by atoms with Crippen molar-refractivity contribution in [2.75, 3.05) is 6.54 Å². The summed E-state index contributed by atoms with van der Waals surface area (Å²) >= 11 is 0. The molecule has 0 aliphatic carbocycles. The Bertz CT molecular complexity index is 442. The first kappa shape index (κ1) is 13.1. The van der Waals surface area contributed by atoms with Crippen molar-refractivity contribution in [1.82, 2.24) is 5.32 Å². The second-order valence-corrected chi connectivity index (χ2v) is 4.97. The number of carboxylic acids is 1. The molecule has 0 bridgehead atoms. The second-order valence-electron chi connectivity index (χ2n) is 4.97. The van der Waals surface area contributed by atoms with Crippen LogP contribution in [0.1, 0.15) is 43.0 Å². The minimum atomic E-state index is -0.689. The van der Waals surface area contributed by atoms with Crippen molar-refractivity contribution >= 4 is 5.97 Å². The molecular weight excluding hydrogens is 226 g/mol. The van der Waals surface area contributed by atoms with Crippen LogP contribution < -0.4 is 5.32 Å². The zero-order valence-electron chi connectivity index (χ0n) is 11.1. The van der Waals surface area contributed by atoms with Crippen molar-refractivity contribution in [3.8, 4) is 0 Å². The lowest BCUT2D eigenvalue weighted by Gasteiger charge is -2.14. The normalized spacial score (nSPS) is 23.2. The molecule has 0 aromatic heterocycles. The third-order valence-electron chi connectivity index (χ3n) is 3.87. The van der Waals surface area contributed by atoms with E-state index in [0.717, 1.165) is 12.8 Å². The van der Waals surface area contributed by atoms with Crippen LogP contribution >= 0.6 is 0 Å². The van der Waals surface area contributed by atoms with Gasteiger partial charge in [-0.3, -0.25) is 4.79 Å². The summed E-state index contributed by atoms with van der Waals surface area (Å²) in [4.78, 5) is 11.0. The zero-order valence-corrected chi connectivity index (χ0v) is 11.1. The molecule has 98 valence electrons. The number of carboxylic acid groups (broad SMARTS) is 1. The maximum absolute atomic E-state index is 11.0. The van der Waals surface area contributed by atoms with Crippen LogP contribution in [0.5, 0.6) is 0 Å². The Morgan fingerprint density at radius 1 is 1.33 bits per heavy atom. The predicted octanol–water partition coefficient (Wildman–Crippen LogP) is 2.55. The molecule has 1 aromatic carbocycles. The molecule has 2 N–H and O–H groups in total. The average Bonchev–Trinajstić information content (AvgIpc) is 2.87. The molecule has 3 heteroatoms. The Kier molecular flexibility index (Phi) is 4.02. The lowest BCUT2D eigenvalue weighted by Crippen LogP contribution is -2.17. The van der Waals surface area contributed by atoms with E-state index in [-0.39, 0.29) is 12.0 Å². The van der Waals surface area contributed by atoms with Gasteiger partial charge in [0, 0.05) is 12.6 Å². The second kappa shape index (κ2) is 5.53. The van der Waals surface area contributed by atoms with Crippen LogP contribution in [0.25, 0.3) is 0 Å². The van der Waals surface area contributed by atoms with E-state index in [1.165, 1.54) is 16.7 Å². The fourth-order valence-electron chi connectivity index (χ4n) is 2.71. The van der Waals surface area contributed by atoms with Crippen LogP contribution in [0.3, 0.4) is 0 Å². The van der Waals surface area contributed by atoms with Crippen molar-refractivity contribution in [2.45, 2.75) is 39.2 Å². The number of hydrogen-bond acceptors (Lipinski definition) is 2. The van der Waals surface area contributed by atoms with Crippen molar-refractivity contribution in [2.24, 2.45) is 5.92 Å². The molecule has 1 saturated heterocycles. The lowest BCUT2D eigenvalue weighted by atomic mass is 9.94. The van der Waals surface area contributed by atoms with Crippen molar-refractivity contribution < 1.29 is 9.90 Å². The Labute approximate surface area is 108 Å². The van der Waals surface area contributed by atoms with Crippen molar-refractivity contribution in [3.05, 3.63) is 34.9 Å². The molecule has 0 saturated carbocycles. The highest BCUT2D eigenvalue weighted by Gasteiger charge is 2.30. The maximum atomic E-state index is 11.0. The monoisotopic (exact) mass is 247 g/mol. The van der Waals surface area contributed by atoms with E-state index in [2.05, 4.69) is 37.4 Å². The smallest absolute Gasteiger partial charge is 0.307 e. The van der Waals surface area contributed by atoms with Gasteiger partial charge in [0.25, 0.3) is 0 Å². The SMILES string of the molecule is CCc1ccc(C2CC(C(=O)O)CN2)cc1CC. The third-order valence-corrected chi connectivity index (χ3v) is 3.87. The van der Waals surface area contributed by atoms with Crippen LogP contribution in [0, 0.1) is 5.92 Å². The van der Waals surface area contributed by atoms with E-state index >= 15 is 0 Å². The summed E-state index contributed by atoms with van der Waals surface area (Å²) in [7, 11) is 0. The molecule has 0 radical (unpaired) electrons. The Balaban J connectivity index is 2.17. The third kappa shape index (κ3) is 2.56. The van der Waals surface area contributed by atoms with E-state index in [1.807, 2.05) is 0 Å². The maximum Gasteiger partial charge on any atom is 0.307 e. The number of benzene rings is 1. The van der Waals surface area contributed by atoms with Crippen LogP contribution in [0.4, 0.5) is 0 Å². The van der Waals surface area contributed by atoms with Crippen LogP contribution in [-0.4, -0.2) is 17.6 Å². The van der Waals surface area contributed by atoms with E-state index in [0.29, 0.717) is 13.0 Å². The van der Waals surface area contributed by atoms with E-state index < -0.39 is 5.97 Å². The summed E-state index contributed by atoms with van der Waals surface area (Å²) in [6, 6.07) is 6.76. The molecule has 1 heterocycles. The Morgan fingerprint density at radius 2 is 2.06 bits per heavy atom. The van der Waals surface area contributed by atoms with Gasteiger partial charge in [0.1, 0.15) is 0 Å². The molecular formula is C15H21NO2. The molecule has 3 nitrogen and oxygen atoms in total.